The van der Waals surface area contributed by atoms with Crippen LogP contribution in [0.15, 0.2) is 12.2 Å². The first-order valence-electron chi connectivity index (χ1n) is 10.3. The highest BCUT2D eigenvalue weighted by Gasteiger charge is 2.81. The van der Waals surface area contributed by atoms with E-state index in [0.717, 1.165) is 6.29 Å². The van der Waals surface area contributed by atoms with Gasteiger partial charge < -0.3 is 24.5 Å². The van der Waals surface area contributed by atoms with Crippen LogP contribution in [0.4, 0.5) is 0 Å². The highest BCUT2D eigenvalue weighted by Crippen LogP contribution is 2.77. The van der Waals surface area contributed by atoms with E-state index in [1.165, 1.54) is 14.2 Å². The minimum atomic E-state index is -1.28. The summed E-state index contributed by atoms with van der Waals surface area (Å²) in [7, 11) is 2.58. The first kappa shape index (κ1) is 20.5. The lowest BCUT2D eigenvalue weighted by atomic mass is 9.53. The molecular formula is C22H30O7. The molecule has 0 heterocycles. The lowest BCUT2D eigenvalue weighted by molar-refractivity contribution is -0.172. The predicted octanol–water partition coefficient (Wildman–Crippen LogP) is 1.40. The highest BCUT2D eigenvalue weighted by atomic mass is 16.5. The van der Waals surface area contributed by atoms with Crippen molar-refractivity contribution >= 4 is 18.2 Å². The molecule has 0 saturated heterocycles. The first-order chi connectivity index (χ1) is 13.6. The molecule has 4 saturated carbocycles. The van der Waals surface area contributed by atoms with Gasteiger partial charge in [0.2, 0.25) is 0 Å². The second-order valence-corrected chi connectivity index (χ2v) is 9.81. The summed E-state index contributed by atoms with van der Waals surface area (Å²) in [4.78, 5) is 38.9. The molecule has 7 heteroatoms. The summed E-state index contributed by atoms with van der Waals surface area (Å²) >= 11 is 0. The number of hydrogen-bond donors (Lipinski definition) is 2. The van der Waals surface area contributed by atoms with E-state index in [1.54, 1.807) is 6.92 Å². The lowest BCUT2D eigenvalue weighted by Gasteiger charge is -2.49. The van der Waals surface area contributed by atoms with E-state index in [2.05, 4.69) is 6.58 Å². The van der Waals surface area contributed by atoms with Gasteiger partial charge in [-0.05, 0) is 50.5 Å². The van der Waals surface area contributed by atoms with Gasteiger partial charge in [0, 0.05) is 16.7 Å². The number of aliphatic hydroxyl groups excluding tert-OH is 1. The van der Waals surface area contributed by atoms with Crippen molar-refractivity contribution in [2.75, 3.05) is 14.2 Å². The summed E-state index contributed by atoms with van der Waals surface area (Å²) in [6.45, 7) is 5.70. The maximum atomic E-state index is 13.2. The molecular weight excluding hydrogens is 376 g/mol. The topological polar surface area (TPSA) is 110 Å². The van der Waals surface area contributed by atoms with Crippen molar-refractivity contribution in [2.24, 2.45) is 34.0 Å². The molecule has 160 valence electrons. The van der Waals surface area contributed by atoms with Gasteiger partial charge in [-0.3, -0.25) is 9.59 Å². The van der Waals surface area contributed by atoms with Crippen LogP contribution in [0.5, 0.6) is 0 Å². The average Bonchev–Trinajstić information content (AvgIpc) is 3.06. The van der Waals surface area contributed by atoms with Crippen molar-refractivity contribution in [3.8, 4) is 0 Å². The Morgan fingerprint density at radius 3 is 2.48 bits per heavy atom. The number of carbonyl (C=O) groups is 3. The molecule has 0 aromatic carbocycles. The second-order valence-electron chi connectivity index (χ2n) is 9.81. The van der Waals surface area contributed by atoms with E-state index < -0.39 is 51.7 Å². The Bertz CT molecular complexity index is 792. The molecule has 2 N–H and O–H groups in total. The van der Waals surface area contributed by atoms with Gasteiger partial charge in [0.25, 0.3) is 0 Å². The van der Waals surface area contributed by atoms with Crippen molar-refractivity contribution in [1.29, 1.82) is 0 Å². The van der Waals surface area contributed by atoms with Gasteiger partial charge in [0.15, 0.2) is 0 Å². The Kier molecular flexibility index (Phi) is 4.35. The van der Waals surface area contributed by atoms with Crippen LogP contribution < -0.4 is 0 Å². The van der Waals surface area contributed by atoms with E-state index in [1.807, 2.05) is 0 Å². The van der Waals surface area contributed by atoms with E-state index in [9.17, 15) is 24.6 Å². The van der Waals surface area contributed by atoms with Gasteiger partial charge in [0.05, 0.1) is 37.3 Å². The van der Waals surface area contributed by atoms with Gasteiger partial charge >= 0.3 is 11.9 Å². The van der Waals surface area contributed by atoms with Crippen LogP contribution >= 0.6 is 0 Å². The predicted molar refractivity (Wildman–Crippen MR) is 101 cm³/mol. The minimum absolute atomic E-state index is 0.147. The summed E-state index contributed by atoms with van der Waals surface area (Å²) in [5.41, 5.74) is -4.09. The van der Waals surface area contributed by atoms with Gasteiger partial charge in [-0.15, -0.1) is 0 Å². The Balaban J connectivity index is 2.01. The van der Waals surface area contributed by atoms with Crippen molar-refractivity contribution in [3.63, 3.8) is 0 Å². The summed E-state index contributed by atoms with van der Waals surface area (Å²) in [6, 6.07) is 0. The third kappa shape index (κ3) is 2.13. The zero-order valence-corrected chi connectivity index (χ0v) is 17.3. The Labute approximate surface area is 170 Å². The summed E-state index contributed by atoms with van der Waals surface area (Å²) in [6.07, 6.45) is 2.42. The van der Waals surface area contributed by atoms with Crippen LogP contribution in [-0.4, -0.2) is 54.4 Å². The van der Waals surface area contributed by atoms with Crippen molar-refractivity contribution < 1.29 is 34.1 Å². The molecule has 4 aliphatic carbocycles. The Morgan fingerprint density at radius 2 is 1.90 bits per heavy atom. The normalized spacial score (nSPS) is 50.4. The number of aliphatic hydroxyl groups is 2. The maximum absolute atomic E-state index is 13.2. The minimum Gasteiger partial charge on any atom is -0.469 e. The summed E-state index contributed by atoms with van der Waals surface area (Å²) < 4.78 is 10.3. The quantitative estimate of drug-likeness (QED) is 0.414. The van der Waals surface area contributed by atoms with Crippen LogP contribution in [0.3, 0.4) is 0 Å². The van der Waals surface area contributed by atoms with Gasteiger partial charge in [0.1, 0.15) is 6.29 Å². The number of hydrogen-bond acceptors (Lipinski definition) is 7. The van der Waals surface area contributed by atoms with Crippen molar-refractivity contribution in [1.82, 2.24) is 0 Å². The number of methoxy groups -OCH3 is 2. The van der Waals surface area contributed by atoms with Crippen molar-refractivity contribution in [2.45, 2.75) is 57.2 Å². The zero-order valence-electron chi connectivity index (χ0n) is 17.3. The number of esters is 2. The molecule has 4 rings (SSSR count). The number of ether oxygens (including phenoxy) is 2. The molecule has 0 aromatic rings. The fraction of sp³-hybridized carbons (Fsp3) is 0.773. The van der Waals surface area contributed by atoms with Crippen LogP contribution in [0.2, 0.25) is 0 Å². The summed E-state index contributed by atoms with van der Waals surface area (Å²) in [5, 5.41) is 22.5. The largest absolute Gasteiger partial charge is 0.469 e. The van der Waals surface area contributed by atoms with Crippen LogP contribution in [0.1, 0.15) is 45.4 Å². The molecule has 0 amide bonds. The number of rotatable bonds is 3. The van der Waals surface area contributed by atoms with Gasteiger partial charge in [-0.25, -0.2) is 0 Å². The molecule has 0 aromatic heterocycles. The molecule has 4 fully saturated rings. The molecule has 0 radical (unpaired) electrons. The third-order valence-corrected chi connectivity index (χ3v) is 8.99. The Morgan fingerprint density at radius 1 is 1.21 bits per heavy atom. The van der Waals surface area contributed by atoms with E-state index in [0.29, 0.717) is 37.7 Å². The standard InChI is InChI=1S/C22H30O7/c1-12-16(24)22-10-21(12,27)9-6-13(22)20(11-23)8-5-7-19(2,18(26)29-4)15(20)14(22)17(25)28-3/h11,13-16,24,27H,1,5-10H2,2-4H3/t13-,14+,15+,16+,19-,20+,21-,22+/m0/s1. The zero-order chi connectivity index (χ0) is 21.4. The fourth-order valence-corrected chi connectivity index (χ4v) is 7.98. The van der Waals surface area contributed by atoms with E-state index in [-0.39, 0.29) is 12.3 Å². The fourth-order valence-electron chi connectivity index (χ4n) is 7.98. The maximum Gasteiger partial charge on any atom is 0.311 e. The summed E-state index contributed by atoms with van der Waals surface area (Å²) in [5.74, 6) is -2.94. The lowest BCUT2D eigenvalue weighted by Crippen LogP contribution is -2.53. The molecule has 1 spiro atoms. The van der Waals surface area contributed by atoms with Gasteiger partial charge in [-0.2, -0.15) is 0 Å². The molecule has 8 atom stereocenters. The van der Waals surface area contributed by atoms with E-state index in [4.69, 9.17) is 9.47 Å². The molecule has 2 bridgehead atoms. The molecule has 0 aliphatic heterocycles. The number of fused-ring (bicyclic) bond motifs is 3. The first-order valence-corrected chi connectivity index (χ1v) is 10.3. The highest BCUT2D eigenvalue weighted by molar-refractivity contribution is 5.84. The molecule has 4 aliphatic rings. The molecule has 0 unspecified atom stereocenters. The SMILES string of the molecule is C=C1[C@@H](O)[C@]23C[C@@]1(O)CC[C@H]2[C@]1(C=O)CCC[C@](C)(C(=O)OC)[C@H]1[C@@H]3C(=O)OC. The van der Waals surface area contributed by atoms with Crippen LogP contribution in [0.25, 0.3) is 0 Å². The smallest absolute Gasteiger partial charge is 0.311 e. The second kappa shape index (κ2) is 6.14. The number of aldehydes is 1. The van der Waals surface area contributed by atoms with E-state index >= 15 is 0 Å². The van der Waals surface area contributed by atoms with Crippen molar-refractivity contribution in [3.05, 3.63) is 12.2 Å². The number of carbonyl (C=O) groups excluding carboxylic acids is 3. The molecule has 7 nitrogen and oxygen atoms in total. The molecule has 29 heavy (non-hydrogen) atoms. The Hall–Kier alpha value is -1.73. The van der Waals surface area contributed by atoms with Crippen LogP contribution in [0, 0.1) is 34.0 Å². The monoisotopic (exact) mass is 406 g/mol. The average molecular weight is 406 g/mol. The third-order valence-electron chi connectivity index (χ3n) is 8.99. The van der Waals surface area contributed by atoms with Crippen LogP contribution in [-0.2, 0) is 23.9 Å². The van der Waals surface area contributed by atoms with Gasteiger partial charge in [-0.1, -0.05) is 13.0 Å².